The quantitative estimate of drug-likeness (QED) is 0.682. The Morgan fingerprint density at radius 1 is 1.33 bits per heavy atom. The minimum Gasteiger partial charge on any atom is -0.380 e. The molecule has 0 saturated heterocycles. The minimum absolute atomic E-state index is 0.0503. The second-order valence-electron chi connectivity index (χ2n) is 3.52. The molecule has 2 rings (SSSR count). The van der Waals surface area contributed by atoms with Crippen LogP contribution in [0.2, 0.25) is 0 Å². The van der Waals surface area contributed by atoms with Crippen LogP contribution in [0.15, 0.2) is 29.0 Å². The zero-order valence-electron chi connectivity index (χ0n) is 9.02. The molecule has 0 atom stereocenters. The highest BCUT2D eigenvalue weighted by atomic mass is 32.1. The van der Waals surface area contributed by atoms with Gasteiger partial charge in [0.25, 0.3) is 0 Å². The molecule has 7 heteroatoms. The summed E-state index contributed by atoms with van der Waals surface area (Å²) in [6.45, 7) is 0.0592. The number of anilines is 1. The summed E-state index contributed by atoms with van der Waals surface area (Å²) in [4.78, 5) is 9.67. The number of nitrogens with zero attached hydrogens (tertiary/aromatic N) is 1. The number of hydrogen-bond acceptors (Lipinski definition) is 4. The number of benzene rings is 1. The Morgan fingerprint density at radius 3 is 2.72 bits per heavy atom. The number of thiophene rings is 1. The van der Waals surface area contributed by atoms with Gasteiger partial charge in [0, 0.05) is 35.3 Å². The average Bonchev–Trinajstić information content (AvgIpc) is 2.80. The van der Waals surface area contributed by atoms with Gasteiger partial charge in [0.15, 0.2) is 0 Å². The molecular weight excluding hydrogens is 262 g/mol. The van der Waals surface area contributed by atoms with Crippen LogP contribution in [0.25, 0.3) is 0 Å². The first-order chi connectivity index (χ1) is 8.58. The van der Waals surface area contributed by atoms with Crippen LogP contribution < -0.4 is 5.32 Å². The zero-order chi connectivity index (χ0) is 13.1. The highest BCUT2D eigenvalue weighted by Gasteiger charge is 2.18. The predicted molar refractivity (Wildman–Crippen MR) is 64.7 cm³/mol. The molecule has 0 saturated carbocycles. The molecule has 0 fully saturated rings. The number of nitrogens with one attached hydrogen (secondary N) is 1. The largest absolute Gasteiger partial charge is 0.380 e. The van der Waals surface area contributed by atoms with Crippen LogP contribution in [-0.4, -0.2) is 4.92 Å². The van der Waals surface area contributed by atoms with Crippen molar-refractivity contribution in [3.8, 4) is 0 Å². The third kappa shape index (κ3) is 2.62. The Kier molecular flexibility index (Phi) is 3.52. The van der Waals surface area contributed by atoms with Crippen LogP contribution >= 0.6 is 11.3 Å². The molecule has 0 aliphatic carbocycles. The van der Waals surface area contributed by atoms with Crippen molar-refractivity contribution >= 4 is 22.7 Å². The molecule has 0 unspecified atom stereocenters. The van der Waals surface area contributed by atoms with Crippen molar-refractivity contribution in [1.29, 1.82) is 0 Å². The fourth-order valence-electron chi connectivity index (χ4n) is 1.42. The molecule has 0 aliphatic rings. The van der Waals surface area contributed by atoms with E-state index in [-0.39, 0.29) is 12.1 Å². The van der Waals surface area contributed by atoms with E-state index >= 15 is 0 Å². The summed E-state index contributed by atoms with van der Waals surface area (Å²) in [5.74, 6) is -1.97. The molecule has 2 aromatic rings. The van der Waals surface area contributed by atoms with Crippen LogP contribution in [0.3, 0.4) is 0 Å². The number of hydrogen-bond donors (Lipinski definition) is 1. The number of nitro groups is 1. The summed E-state index contributed by atoms with van der Waals surface area (Å²) in [7, 11) is 0. The minimum atomic E-state index is -1.17. The number of rotatable bonds is 4. The Hall–Kier alpha value is -2.02. The number of nitro benzene ring substituents is 1. The second kappa shape index (κ2) is 5.09. The van der Waals surface area contributed by atoms with Crippen molar-refractivity contribution in [3.05, 3.63) is 56.3 Å². The molecule has 0 bridgehead atoms. The maximum absolute atomic E-state index is 13.4. The molecule has 1 heterocycles. The normalized spacial score (nSPS) is 10.3. The Bertz CT molecular complexity index is 573. The van der Waals surface area contributed by atoms with Gasteiger partial charge in [0.1, 0.15) is 5.82 Å². The van der Waals surface area contributed by atoms with Crippen molar-refractivity contribution in [2.75, 3.05) is 5.32 Å². The summed E-state index contributed by atoms with van der Waals surface area (Å²) >= 11 is 1.46. The first kappa shape index (κ1) is 12.4. The summed E-state index contributed by atoms with van der Waals surface area (Å²) in [6, 6.07) is 3.23. The van der Waals surface area contributed by atoms with E-state index in [2.05, 4.69) is 5.32 Å². The van der Waals surface area contributed by atoms with Gasteiger partial charge in [-0.05, 0) is 11.4 Å². The molecule has 1 aromatic heterocycles. The van der Waals surface area contributed by atoms with Gasteiger partial charge in [-0.1, -0.05) is 0 Å². The van der Waals surface area contributed by atoms with Gasteiger partial charge in [-0.15, -0.1) is 0 Å². The van der Waals surface area contributed by atoms with Crippen LogP contribution in [0.4, 0.5) is 20.2 Å². The molecule has 1 aromatic carbocycles. The van der Waals surface area contributed by atoms with Crippen molar-refractivity contribution in [2.45, 2.75) is 6.54 Å². The van der Waals surface area contributed by atoms with Gasteiger partial charge in [-0.3, -0.25) is 10.1 Å². The fourth-order valence-corrected chi connectivity index (χ4v) is 2.03. The van der Waals surface area contributed by atoms with Gasteiger partial charge in [0.05, 0.1) is 4.92 Å². The SMILES string of the molecule is O=[N+]([O-])c1cc(CNc2ccsc2)c(F)cc1F. The lowest BCUT2D eigenvalue weighted by Crippen LogP contribution is -2.03. The third-order valence-corrected chi connectivity index (χ3v) is 3.00. The summed E-state index contributed by atoms with van der Waals surface area (Å²) in [6.07, 6.45) is 0. The Morgan fingerprint density at radius 2 is 2.11 bits per heavy atom. The molecule has 0 radical (unpaired) electrons. The number of halogens is 2. The van der Waals surface area contributed by atoms with E-state index in [0.717, 1.165) is 11.8 Å². The first-order valence-electron chi connectivity index (χ1n) is 4.96. The second-order valence-corrected chi connectivity index (χ2v) is 4.30. The molecule has 94 valence electrons. The molecule has 1 N–H and O–H groups in total. The zero-order valence-corrected chi connectivity index (χ0v) is 9.84. The molecular formula is C11H8F2N2O2S. The fraction of sp³-hybridized carbons (Fsp3) is 0.0909. The van der Waals surface area contributed by atoms with Gasteiger partial charge in [-0.2, -0.15) is 15.7 Å². The van der Waals surface area contributed by atoms with E-state index in [0.29, 0.717) is 6.07 Å². The van der Waals surface area contributed by atoms with Crippen LogP contribution in [0, 0.1) is 21.7 Å². The van der Waals surface area contributed by atoms with E-state index < -0.39 is 22.2 Å². The lowest BCUT2D eigenvalue weighted by molar-refractivity contribution is -0.387. The van der Waals surface area contributed by atoms with Crippen molar-refractivity contribution < 1.29 is 13.7 Å². The van der Waals surface area contributed by atoms with Crippen LogP contribution in [0.1, 0.15) is 5.56 Å². The van der Waals surface area contributed by atoms with E-state index in [4.69, 9.17) is 0 Å². The third-order valence-electron chi connectivity index (χ3n) is 2.32. The molecule has 0 aliphatic heterocycles. The standard InChI is InChI=1S/C11H8F2N2O2S/c12-9-4-10(13)11(15(16)17)3-7(9)5-14-8-1-2-18-6-8/h1-4,6,14H,5H2. The molecule has 18 heavy (non-hydrogen) atoms. The van der Waals surface area contributed by atoms with Crippen molar-refractivity contribution in [3.63, 3.8) is 0 Å². The maximum atomic E-state index is 13.4. The van der Waals surface area contributed by atoms with E-state index in [1.807, 2.05) is 10.8 Å². The van der Waals surface area contributed by atoms with Gasteiger partial charge in [-0.25, -0.2) is 4.39 Å². The van der Waals surface area contributed by atoms with Crippen LogP contribution in [0.5, 0.6) is 0 Å². The van der Waals surface area contributed by atoms with Gasteiger partial charge < -0.3 is 5.32 Å². The predicted octanol–water partition coefficient (Wildman–Crippen LogP) is 3.55. The lowest BCUT2D eigenvalue weighted by Gasteiger charge is -2.06. The highest BCUT2D eigenvalue weighted by Crippen LogP contribution is 2.22. The van der Waals surface area contributed by atoms with E-state index in [1.54, 1.807) is 6.07 Å². The Labute approximate surface area is 105 Å². The lowest BCUT2D eigenvalue weighted by atomic mass is 10.1. The topological polar surface area (TPSA) is 55.2 Å². The van der Waals surface area contributed by atoms with Crippen molar-refractivity contribution in [2.24, 2.45) is 0 Å². The summed E-state index contributed by atoms with van der Waals surface area (Å²) in [5.41, 5.74) is 0.110. The highest BCUT2D eigenvalue weighted by molar-refractivity contribution is 7.08. The Balaban J connectivity index is 2.22. The van der Waals surface area contributed by atoms with Gasteiger partial charge >= 0.3 is 5.69 Å². The van der Waals surface area contributed by atoms with Crippen LogP contribution in [-0.2, 0) is 6.54 Å². The smallest absolute Gasteiger partial charge is 0.305 e. The molecule has 4 nitrogen and oxygen atoms in total. The monoisotopic (exact) mass is 270 g/mol. The average molecular weight is 270 g/mol. The van der Waals surface area contributed by atoms with E-state index in [9.17, 15) is 18.9 Å². The van der Waals surface area contributed by atoms with E-state index in [1.165, 1.54) is 11.3 Å². The maximum Gasteiger partial charge on any atom is 0.305 e. The van der Waals surface area contributed by atoms with Gasteiger partial charge in [0.2, 0.25) is 5.82 Å². The summed E-state index contributed by atoms with van der Waals surface area (Å²) in [5, 5.41) is 17.1. The molecule has 0 amide bonds. The molecule has 0 spiro atoms. The first-order valence-corrected chi connectivity index (χ1v) is 5.90. The summed E-state index contributed by atoms with van der Waals surface area (Å²) < 4.78 is 26.5. The van der Waals surface area contributed by atoms with Crippen molar-refractivity contribution in [1.82, 2.24) is 0 Å².